The summed E-state index contributed by atoms with van der Waals surface area (Å²) in [5, 5.41) is 2.73. The number of anilines is 2. The smallest absolute Gasteiger partial charge is 0.255 e. The molecule has 0 bridgehead atoms. The van der Waals surface area contributed by atoms with Crippen molar-refractivity contribution in [3.63, 3.8) is 0 Å². The molecule has 0 radical (unpaired) electrons. The number of amides is 1. The third-order valence-electron chi connectivity index (χ3n) is 3.37. The summed E-state index contributed by atoms with van der Waals surface area (Å²) in [6.45, 7) is 0. The second-order valence-corrected chi connectivity index (χ2v) is 7.07. The highest BCUT2D eigenvalue weighted by Crippen LogP contribution is 2.40. The number of rotatable bonds is 7. The Labute approximate surface area is 152 Å². The Bertz CT molecular complexity index is 869. The van der Waals surface area contributed by atoms with E-state index < -0.39 is 10.0 Å². The number of benzene rings is 2. The molecule has 0 aliphatic heterocycles. The van der Waals surface area contributed by atoms with Crippen LogP contribution in [0.4, 0.5) is 11.4 Å². The van der Waals surface area contributed by atoms with Gasteiger partial charge in [0.05, 0.1) is 27.6 Å². The number of hydrogen-bond acceptors (Lipinski definition) is 6. The van der Waals surface area contributed by atoms with Crippen LogP contribution in [0.25, 0.3) is 0 Å². The summed E-state index contributed by atoms with van der Waals surface area (Å²) in [6, 6.07) is 9.26. The Morgan fingerprint density at radius 3 is 1.85 bits per heavy atom. The fraction of sp³-hybridized carbons (Fsp3) is 0.235. The summed E-state index contributed by atoms with van der Waals surface area (Å²) < 4.78 is 40.5. The van der Waals surface area contributed by atoms with Gasteiger partial charge in [-0.15, -0.1) is 0 Å². The minimum Gasteiger partial charge on any atom is -0.493 e. The molecule has 0 fully saturated rings. The van der Waals surface area contributed by atoms with Gasteiger partial charge in [-0.25, -0.2) is 8.42 Å². The lowest BCUT2D eigenvalue weighted by atomic mass is 10.2. The van der Waals surface area contributed by atoms with Gasteiger partial charge in [0.2, 0.25) is 15.8 Å². The molecule has 8 nitrogen and oxygen atoms in total. The Kier molecular flexibility index (Phi) is 5.93. The average molecular weight is 380 g/mol. The predicted octanol–water partition coefficient (Wildman–Crippen LogP) is 2.34. The van der Waals surface area contributed by atoms with E-state index in [1.807, 2.05) is 0 Å². The first-order chi connectivity index (χ1) is 12.3. The van der Waals surface area contributed by atoms with E-state index in [0.717, 1.165) is 6.26 Å². The molecule has 0 aromatic heterocycles. The van der Waals surface area contributed by atoms with Gasteiger partial charge < -0.3 is 19.5 Å². The fourth-order valence-electron chi connectivity index (χ4n) is 2.26. The molecule has 0 saturated carbocycles. The van der Waals surface area contributed by atoms with Gasteiger partial charge in [0.1, 0.15) is 0 Å². The van der Waals surface area contributed by atoms with E-state index >= 15 is 0 Å². The lowest BCUT2D eigenvalue weighted by Gasteiger charge is -2.14. The molecule has 1 amide bonds. The van der Waals surface area contributed by atoms with E-state index in [-0.39, 0.29) is 5.91 Å². The molecule has 2 rings (SSSR count). The second kappa shape index (κ2) is 7.96. The molecule has 0 heterocycles. The largest absolute Gasteiger partial charge is 0.493 e. The summed E-state index contributed by atoms with van der Waals surface area (Å²) in [6.07, 6.45) is 1.05. The summed E-state index contributed by atoms with van der Waals surface area (Å²) in [5.41, 5.74) is 1.19. The molecule has 2 aromatic rings. The lowest BCUT2D eigenvalue weighted by Crippen LogP contribution is -2.13. The Morgan fingerprint density at radius 2 is 1.42 bits per heavy atom. The first kappa shape index (κ1) is 19.4. The number of sulfonamides is 1. The van der Waals surface area contributed by atoms with Gasteiger partial charge in [-0.3, -0.25) is 9.52 Å². The van der Waals surface area contributed by atoms with Crippen molar-refractivity contribution in [3.05, 3.63) is 42.0 Å². The minimum atomic E-state index is -3.37. The fourth-order valence-corrected chi connectivity index (χ4v) is 2.82. The molecule has 2 aromatic carbocycles. The topological polar surface area (TPSA) is 103 Å². The molecule has 9 heteroatoms. The monoisotopic (exact) mass is 380 g/mol. The number of methoxy groups -OCH3 is 3. The number of carbonyl (C=O) groups is 1. The zero-order valence-electron chi connectivity index (χ0n) is 14.8. The zero-order chi connectivity index (χ0) is 19.3. The van der Waals surface area contributed by atoms with Crippen molar-refractivity contribution in [2.24, 2.45) is 0 Å². The number of hydrogen-bond donors (Lipinski definition) is 2. The highest BCUT2D eigenvalue weighted by atomic mass is 32.2. The number of carbonyl (C=O) groups excluding carboxylic acids is 1. The molecule has 0 spiro atoms. The van der Waals surface area contributed by atoms with Crippen molar-refractivity contribution < 1.29 is 27.4 Å². The van der Waals surface area contributed by atoms with Gasteiger partial charge in [0.25, 0.3) is 5.91 Å². The molecule has 0 aliphatic carbocycles. The zero-order valence-corrected chi connectivity index (χ0v) is 15.6. The number of nitrogens with one attached hydrogen (secondary N) is 2. The van der Waals surface area contributed by atoms with Crippen LogP contribution in [0.3, 0.4) is 0 Å². The standard InChI is InChI=1S/C17H20N2O6S/c1-23-14-9-13(10-15(24-2)16(14)25-3)18-17(20)11-5-7-12(8-6-11)19-26(4,21)22/h5-10,19H,1-4H3,(H,18,20). The minimum absolute atomic E-state index is 0.359. The van der Waals surface area contributed by atoms with E-state index in [1.54, 1.807) is 12.1 Å². The molecular formula is C17H20N2O6S. The average Bonchev–Trinajstić information content (AvgIpc) is 2.59. The second-order valence-electron chi connectivity index (χ2n) is 5.32. The third kappa shape index (κ3) is 4.79. The van der Waals surface area contributed by atoms with Crippen molar-refractivity contribution in [3.8, 4) is 17.2 Å². The van der Waals surface area contributed by atoms with Gasteiger partial charge in [-0.1, -0.05) is 0 Å². The molecule has 0 atom stereocenters. The van der Waals surface area contributed by atoms with Gasteiger partial charge >= 0.3 is 0 Å². The molecule has 0 unspecified atom stereocenters. The van der Waals surface area contributed by atoms with E-state index in [9.17, 15) is 13.2 Å². The molecule has 26 heavy (non-hydrogen) atoms. The third-order valence-corrected chi connectivity index (χ3v) is 3.98. The summed E-state index contributed by atoms with van der Waals surface area (Å²) >= 11 is 0. The van der Waals surface area contributed by atoms with E-state index in [2.05, 4.69) is 10.0 Å². The van der Waals surface area contributed by atoms with Crippen molar-refractivity contribution in [2.75, 3.05) is 37.6 Å². The van der Waals surface area contributed by atoms with Crippen LogP contribution in [0.2, 0.25) is 0 Å². The SMILES string of the molecule is COc1cc(NC(=O)c2ccc(NS(C)(=O)=O)cc2)cc(OC)c1OC. The Hall–Kier alpha value is -2.94. The van der Waals surface area contributed by atoms with Crippen LogP contribution < -0.4 is 24.2 Å². The molecule has 140 valence electrons. The van der Waals surface area contributed by atoms with Crippen LogP contribution in [-0.4, -0.2) is 41.9 Å². The maximum atomic E-state index is 12.4. The van der Waals surface area contributed by atoms with Crippen LogP contribution in [-0.2, 0) is 10.0 Å². The first-order valence-electron chi connectivity index (χ1n) is 7.46. The van der Waals surface area contributed by atoms with Crippen LogP contribution in [0, 0.1) is 0 Å². The highest BCUT2D eigenvalue weighted by Gasteiger charge is 2.15. The maximum Gasteiger partial charge on any atom is 0.255 e. The quantitative estimate of drug-likeness (QED) is 0.764. The van der Waals surface area contributed by atoms with Gasteiger partial charge in [0, 0.05) is 29.1 Å². The maximum absolute atomic E-state index is 12.4. The van der Waals surface area contributed by atoms with Crippen molar-refractivity contribution in [1.82, 2.24) is 0 Å². The lowest BCUT2D eigenvalue weighted by molar-refractivity contribution is 0.102. The molecular weight excluding hydrogens is 360 g/mol. The van der Waals surface area contributed by atoms with Crippen LogP contribution in [0.15, 0.2) is 36.4 Å². The predicted molar refractivity (Wildman–Crippen MR) is 99.0 cm³/mol. The van der Waals surface area contributed by atoms with E-state index in [0.29, 0.717) is 34.2 Å². The number of ether oxygens (including phenoxy) is 3. The van der Waals surface area contributed by atoms with Crippen molar-refractivity contribution in [2.45, 2.75) is 0 Å². The van der Waals surface area contributed by atoms with Crippen LogP contribution in [0.5, 0.6) is 17.2 Å². The van der Waals surface area contributed by atoms with Gasteiger partial charge in [0.15, 0.2) is 11.5 Å². The summed E-state index contributed by atoms with van der Waals surface area (Å²) in [5.74, 6) is 0.874. The molecule has 2 N–H and O–H groups in total. The Morgan fingerprint density at radius 1 is 0.885 bits per heavy atom. The molecule has 0 saturated heterocycles. The van der Waals surface area contributed by atoms with Crippen LogP contribution in [0.1, 0.15) is 10.4 Å². The first-order valence-corrected chi connectivity index (χ1v) is 9.35. The highest BCUT2D eigenvalue weighted by molar-refractivity contribution is 7.92. The van der Waals surface area contributed by atoms with Crippen molar-refractivity contribution >= 4 is 27.3 Å². The summed E-state index contributed by atoms with van der Waals surface area (Å²) in [4.78, 5) is 12.4. The van der Waals surface area contributed by atoms with Gasteiger partial charge in [-0.2, -0.15) is 0 Å². The van der Waals surface area contributed by atoms with Crippen LogP contribution >= 0.6 is 0 Å². The molecule has 0 aliphatic rings. The van der Waals surface area contributed by atoms with Crippen molar-refractivity contribution in [1.29, 1.82) is 0 Å². The van der Waals surface area contributed by atoms with E-state index in [1.165, 1.54) is 45.6 Å². The van der Waals surface area contributed by atoms with Gasteiger partial charge in [-0.05, 0) is 24.3 Å². The summed E-state index contributed by atoms with van der Waals surface area (Å²) in [7, 11) is 1.08. The normalized spacial score (nSPS) is 10.8. The van der Waals surface area contributed by atoms with E-state index in [4.69, 9.17) is 14.2 Å². The Balaban J connectivity index is 2.21.